The molecule has 10 heavy (non-hydrogen) atoms. The second-order valence-electron chi connectivity index (χ2n) is 2.55. The second-order valence-corrected chi connectivity index (χ2v) is 2.55. The molecule has 1 aliphatic heterocycles. The van der Waals surface area contributed by atoms with Gasteiger partial charge in [-0.1, -0.05) is 0 Å². The molecule has 1 amide bonds. The van der Waals surface area contributed by atoms with Crippen LogP contribution in [0.1, 0.15) is 25.7 Å². The summed E-state index contributed by atoms with van der Waals surface area (Å²) in [7, 11) is 0. The van der Waals surface area contributed by atoms with Gasteiger partial charge in [-0.25, -0.2) is 0 Å². The van der Waals surface area contributed by atoms with E-state index in [9.17, 15) is 9.59 Å². The van der Waals surface area contributed by atoms with Crippen LogP contribution in [0.2, 0.25) is 0 Å². The van der Waals surface area contributed by atoms with Gasteiger partial charge in [0.1, 0.15) is 6.29 Å². The summed E-state index contributed by atoms with van der Waals surface area (Å²) in [6, 6.07) is 0.262. The van der Waals surface area contributed by atoms with E-state index < -0.39 is 0 Å². The van der Waals surface area contributed by atoms with Crippen molar-refractivity contribution in [2.75, 3.05) is 0 Å². The number of amides is 1. The maximum atomic E-state index is 10.6. The Hall–Kier alpha value is -0.860. The van der Waals surface area contributed by atoms with E-state index in [-0.39, 0.29) is 11.9 Å². The van der Waals surface area contributed by atoms with Gasteiger partial charge in [-0.2, -0.15) is 0 Å². The van der Waals surface area contributed by atoms with Crippen molar-refractivity contribution in [1.29, 1.82) is 0 Å². The monoisotopic (exact) mass is 141 g/mol. The van der Waals surface area contributed by atoms with Crippen molar-refractivity contribution in [2.24, 2.45) is 0 Å². The largest absolute Gasteiger partial charge is 0.353 e. The molecular formula is C7H11NO2. The third-order valence-electron chi connectivity index (χ3n) is 1.72. The number of carbonyl (C=O) groups excluding carboxylic acids is 2. The fourth-order valence-electron chi connectivity index (χ4n) is 1.16. The molecule has 0 aromatic heterocycles. The first kappa shape index (κ1) is 7.25. The van der Waals surface area contributed by atoms with Crippen LogP contribution in [0.4, 0.5) is 0 Å². The highest BCUT2D eigenvalue weighted by Crippen LogP contribution is 2.10. The third kappa shape index (κ3) is 1.83. The van der Waals surface area contributed by atoms with Gasteiger partial charge in [-0.15, -0.1) is 0 Å². The highest BCUT2D eigenvalue weighted by molar-refractivity contribution is 5.78. The Morgan fingerprint density at radius 2 is 2.50 bits per heavy atom. The van der Waals surface area contributed by atoms with Crippen molar-refractivity contribution in [2.45, 2.75) is 31.7 Å². The Morgan fingerprint density at radius 3 is 3.00 bits per heavy atom. The van der Waals surface area contributed by atoms with E-state index in [1.54, 1.807) is 0 Å². The summed E-state index contributed by atoms with van der Waals surface area (Å²) in [5.41, 5.74) is 0. The molecule has 1 heterocycles. The second kappa shape index (κ2) is 3.34. The summed E-state index contributed by atoms with van der Waals surface area (Å²) in [6.45, 7) is 0. The van der Waals surface area contributed by atoms with Crippen LogP contribution in [0.5, 0.6) is 0 Å². The lowest BCUT2D eigenvalue weighted by atomic mass is 10.1. The standard InChI is InChI=1S/C7H11NO2/c9-5-1-2-6-3-4-7(10)8-6/h5-6H,1-4H2,(H,8,10)/t6-/m0/s1. The highest BCUT2D eigenvalue weighted by atomic mass is 16.2. The van der Waals surface area contributed by atoms with Gasteiger partial charge in [0.15, 0.2) is 0 Å². The smallest absolute Gasteiger partial charge is 0.220 e. The lowest BCUT2D eigenvalue weighted by molar-refractivity contribution is -0.119. The first-order valence-electron chi connectivity index (χ1n) is 3.56. The molecule has 0 bridgehead atoms. The number of hydrogen-bond donors (Lipinski definition) is 1. The predicted octanol–water partition coefficient (Wildman–Crippen LogP) is 0.244. The molecule has 1 rings (SSSR count). The SMILES string of the molecule is O=CCC[C@H]1CCC(=O)N1. The Balaban J connectivity index is 2.18. The molecule has 3 heteroatoms. The first-order valence-corrected chi connectivity index (χ1v) is 3.56. The maximum absolute atomic E-state index is 10.6. The van der Waals surface area contributed by atoms with Crippen LogP contribution in [0.25, 0.3) is 0 Å². The molecule has 56 valence electrons. The maximum Gasteiger partial charge on any atom is 0.220 e. The lowest BCUT2D eigenvalue weighted by Crippen LogP contribution is -2.24. The lowest BCUT2D eigenvalue weighted by Gasteiger charge is -2.05. The fraction of sp³-hybridized carbons (Fsp3) is 0.714. The van der Waals surface area contributed by atoms with Crippen molar-refractivity contribution >= 4 is 12.2 Å². The molecule has 1 saturated heterocycles. The van der Waals surface area contributed by atoms with Crippen LogP contribution < -0.4 is 5.32 Å². The molecule has 1 aliphatic rings. The van der Waals surface area contributed by atoms with E-state index in [1.807, 2.05) is 0 Å². The molecule has 0 aliphatic carbocycles. The van der Waals surface area contributed by atoms with Gasteiger partial charge in [-0.3, -0.25) is 4.79 Å². The van der Waals surface area contributed by atoms with Crippen LogP contribution in [0, 0.1) is 0 Å². The zero-order valence-corrected chi connectivity index (χ0v) is 5.80. The summed E-state index contributed by atoms with van der Waals surface area (Å²) >= 11 is 0. The number of rotatable bonds is 3. The quantitative estimate of drug-likeness (QED) is 0.572. The van der Waals surface area contributed by atoms with Crippen molar-refractivity contribution in [3.05, 3.63) is 0 Å². The van der Waals surface area contributed by atoms with Crippen molar-refractivity contribution in [3.8, 4) is 0 Å². The molecular weight excluding hydrogens is 130 g/mol. The van der Waals surface area contributed by atoms with Gasteiger partial charge >= 0.3 is 0 Å². The number of nitrogens with one attached hydrogen (secondary N) is 1. The van der Waals surface area contributed by atoms with E-state index in [4.69, 9.17) is 0 Å². The zero-order valence-electron chi connectivity index (χ0n) is 5.80. The summed E-state index contributed by atoms with van der Waals surface area (Å²) in [5.74, 6) is 0.121. The molecule has 0 saturated carbocycles. The van der Waals surface area contributed by atoms with E-state index >= 15 is 0 Å². The van der Waals surface area contributed by atoms with Gasteiger partial charge in [0.2, 0.25) is 5.91 Å². The number of carbonyl (C=O) groups is 2. The number of aldehydes is 1. The minimum atomic E-state index is 0.121. The van der Waals surface area contributed by atoms with Gasteiger partial charge in [0.25, 0.3) is 0 Å². The van der Waals surface area contributed by atoms with Crippen molar-refractivity contribution in [3.63, 3.8) is 0 Å². The Kier molecular flexibility index (Phi) is 2.42. The van der Waals surface area contributed by atoms with Crippen molar-refractivity contribution in [1.82, 2.24) is 5.32 Å². The van der Waals surface area contributed by atoms with Gasteiger partial charge in [-0.05, 0) is 12.8 Å². The number of hydrogen-bond acceptors (Lipinski definition) is 2. The molecule has 0 spiro atoms. The highest BCUT2D eigenvalue weighted by Gasteiger charge is 2.19. The first-order chi connectivity index (χ1) is 4.83. The zero-order chi connectivity index (χ0) is 7.40. The van der Waals surface area contributed by atoms with Crippen LogP contribution >= 0.6 is 0 Å². The average Bonchev–Trinajstić information content (AvgIpc) is 2.31. The summed E-state index contributed by atoms with van der Waals surface area (Å²) in [6.07, 6.45) is 3.78. The molecule has 1 N–H and O–H groups in total. The predicted molar refractivity (Wildman–Crippen MR) is 36.5 cm³/mol. The van der Waals surface area contributed by atoms with E-state index in [0.717, 1.165) is 19.1 Å². The van der Waals surface area contributed by atoms with Crippen LogP contribution in [0.3, 0.4) is 0 Å². The average molecular weight is 141 g/mol. The van der Waals surface area contributed by atoms with E-state index in [1.165, 1.54) is 0 Å². The summed E-state index contributed by atoms with van der Waals surface area (Å²) in [5, 5.41) is 2.79. The minimum absolute atomic E-state index is 0.121. The Labute approximate surface area is 59.8 Å². The normalized spacial score (nSPS) is 24.4. The summed E-state index contributed by atoms with van der Waals surface area (Å²) in [4.78, 5) is 20.5. The van der Waals surface area contributed by atoms with Crippen molar-refractivity contribution < 1.29 is 9.59 Å². The van der Waals surface area contributed by atoms with Crippen LogP contribution in [0.15, 0.2) is 0 Å². The molecule has 1 fully saturated rings. The Bertz CT molecular complexity index is 145. The molecule has 0 unspecified atom stereocenters. The van der Waals surface area contributed by atoms with Gasteiger partial charge in [0.05, 0.1) is 0 Å². The van der Waals surface area contributed by atoms with Crippen LogP contribution in [-0.2, 0) is 9.59 Å². The summed E-state index contributed by atoms with van der Waals surface area (Å²) < 4.78 is 0. The molecule has 3 nitrogen and oxygen atoms in total. The molecule has 1 atom stereocenters. The Morgan fingerprint density at radius 1 is 1.70 bits per heavy atom. The minimum Gasteiger partial charge on any atom is -0.353 e. The van der Waals surface area contributed by atoms with E-state index in [2.05, 4.69) is 5.32 Å². The van der Waals surface area contributed by atoms with Gasteiger partial charge in [0, 0.05) is 18.9 Å². The molecule has 0 radical (unpaired) electrons. The van der Waals surface area contributed by atoms with Gasteiger partial charge < -0.3 is 10.1 Å². The fourth-order valence-corrected chi connectivity index (χ4v) is 1.16. The molecule has 0 aromatic carbocycles. The third-order valence-corrected chi connectivity index (χ3v) is 1.72. The molecule has 0 aromatic rings. The van der Waals surface area contributed by atoms with E-state index in [0.29, 0.717) is 12.8 Å². The topological polar surface area (TPSA) is 46.2 Å². The van der Waals surface area contributed by atoms with Crippen LogP contribution in [-0.4, -0.2) is 18.2 Å².